The fraction of sp³-hybridized carbons (Fsp3) is 0.455. The Morgan fingerprint density at radius 1 is 1.47 bits per heavy atom. The molecule has 0 bridgehead atoms. The maximum atomic E-state index is 9.57. The van der Waals surface area contributed by atoms with E-state index >= 15 is 0 Å². The summed E-state index contributed by atoms with van der Waals surface area (Å²) in [6.45, 7) is 4.04. The number of hydrogen-bond acceptors (Lipinski definition) is 6. The van der Waals surface area contributed by atoms with Gasteiger partial charge < -0.3 is 14.4 Å². The van der Waals surface area contributed by atoms with Gasteiger partial charge in [-0.25, -0.2) is 0 Å². The summed E-state index contributed by atoms with van der Waals surface area (Å²) in [7, 11) is 1.61. The lowest BCUT2D eigenvalue weighted by molar-refractivity contribution is 0.0556. The fourth-order valence-electron chi connectivity index (χ4n) is 1.58. The highest BCUT2D eigenvalue weighted by Crippen LogP contribution is 2.34. The number of nitrogens with zero attached hydrogens (tertiary/aromatic N) is 2. The number of thiophene rings is 1. The van der Waals surface area contributed by atoms with Crippen molar-refractivity contribution in [1.29, 1.82) is 0 Å². The summed E-state index contributed by atoms with van der Waals surface area (Å²) in [5, 5.41) is 15.2. The molecule has 2 rings (SSSR count). The number of hydrogen-bond donors (Lipinski definition) is 1. The summed E-state index contributed by atoms with van der Waals surface area (Å²) in [4.78, 5) is 4.84. The molecule has 1 N–H and O–H groups in total. The highest BCUT2D eigenvalue weighted by molar-refractivity contribution is 7.13. The zero-order chi connectivity index (χ0) is 12.4. The molecule has 0 aliphatic carbocycles. The Labute approximate surface area is 103 Å². The summed E-state index contributed by atoms with van der Waals surface area (Å²) < 4.78 is 10.4. The van der Waals surface area contributed by atoms with Crippen molar-refractivity contribution in [2.45, 2.75) is 20.0 Å². The highest BCUT2D eigenvalue weighted by atomic mass is 32.1. The molecular weight excluding hydrogens is 240 g/mol. The van der Waals surface area contributed by atoms with E-state index < -0.39 is 0 Å². The van der Waals surface area contributed by atoms with E-state index in [9.17, 15) is 5.11 Å². The van der Waals surface area contributed by atoms with Gasteiger partial charge in [-0.05, 0) is 17.4 Å². The van der Waals surface area contributed by atoms with Gasteiger partial charge in [-0.2, -0.15) is 4.98 Å². The van der Waals surface area contributed by atoms with E-state index in [1.54, 1.807) is 18.6 Å². The second-order valence-electron chi connectivity index (χ2n) is 3.99. The van der Waals surface area contributed by atoms with Gasteiger partial charge in [0.05, 0.1) is 0 Å². The van der Waals surface area contributed by atoms with Crippen LogP contribution in [0, 0.1) is 5.92 Å². The van der Waals surface area contributed by atoms with Crippen LogP contribution in [0.5, 0.6) is 5.75 Å². The highest BCUT2D eigenvalue weighted by Gasteiger charge is 2.23. The Bertz CT molecular complexity index is 492. The van der Waals surface area contributed by atoms with Gasteiger partial charge in [0.15, 0.2) is 0 Å². The first-order chi connectivity index (χ1) is 8.13. The molecular formula is C11H14N2O3S. The van der Waals surface area contributed by atoms with E-state index in [0.717, 1.165) is 0 Å². The SMILES string of the molecule is COC(c1noc(-c2sccc2O)n1)C(C)C. The molecule has 0 amide bonds. The predicted molar refractivity (Wildman–Crippen MR) is 63.9 cm³/mol. The van der Waals surface area contributed by atoms with E-state index in [1.807, 2.05) is 13.8 Å². The smallest absolute Gasteiger partial charge is 0.271 e. The summed E-state index contributed by atoms with van der Waals surface area (Å²) in [5.74, 6) is 1.24. The second-order valence-corrected chi connectivity index (χ2v) is 4.91. The first-order valence-corrected chi connectivity index (χ1v) is 6.14. The minimum atomic E-state index is -0.199. The molecule has 0 fully saturated rings. The van der Waals surface area contributed by atoms with Crippen LogP contribution in [0.4, 0.5) is 0 Å². The molecule has 0 aromatic carbocycles. The minimum Gasteiger partial charge on any atom is -0.506 e. The van der Waals surface area contributed by atoms with Crippen molar-refractivity contribution in [2.24, 2.45) is 5.92 Å². The molecule has 1 unspecified atom stereocenters. The largest absolute Gasteiger partial charge is 0.506 e. The molecule has 1 atom stereocenters. The second kappa shape index (κ2) is 4.85. The minimum absolute atomic E-state index is 0.156. The van der Waals surface area contributed by atoms with Crippen LogP contribution in [0.3, 0.4) is 0 Å². The number of aromatic hydroxyl groups is 1. The first-order valence-electron chi connectivity index (χ1n) is 5.26. The molecule has 5 nitrogen and oxygen atoms in total. The lowest BCUT2D eigenvalue weighted by Crippen LogP contribution is -2.10. The maximum absolute atomic E-state index is 9.57. The summed E-state index contributed by atoms with van der Waals surface area (Å²) in [6.07, 6.45) is -0.199. The van der Waals surface area contributed by atoms with Crippen LogP contribution >= 0.6 is 11.3 Å². The molecule has 2 aromatic heterocycles. The van der Waals surface area contributed by atoms with Crippen LogP contribution < -0.4 is 0 Å². The van der Waals surface area contributed by atoms with Crippen molar-refractivity contribution in [2.75, 3.05) is 7.11 Å². The van der Waals surface area contributed by atoms with Crippen molar-refractivity contribution >= 4 is 11.3 Å². The molecule has 6 heteroatoms. The number of aromatic nitrogens is 2. The van der Waals surface area contributed by atoms with E-state index in [1.165, 1.54) is 11.3 Å². The van der Waals surface area contributed by atoms with Crippen molar-refractivity contribution < 1.29 is 14.4 Å². The monoisotopic (exact) mass is 254 g/mol. The number of rotatable bonds is 4. The van der Waals surface area contributed by atoms with E-state index in [0.29, 0.717) is 16.6 Å². The summed E-state index contributed by atoms with van der Waals surface area (Å²) in [5.41, 5.74) is 0. The first kappa shape index (κ1) is 12.1. The van der Waals surface area contributed by atoms with Crippen LogP contribution in [0.15, 0.2) is 16.0 Å². The van der Waals surface area contributed by atoms with Crippen LogP contribution in [-0.2, 0) is 4.74 Å². The zero-order valence-corrected chi connectivity index (χ0v) is 10.7. The van der Waals surface area contributed by atoms with Gasteiger partial charge in [0.25, 0.3) is 5.89 Å². The lowest BCUT2D eigenvalue weighted by atomic mass is 10.1. The van der Waals surface area contributed by atoms with Crippen molar-refractivity contribution in [1.82, 2.24) is 10.1 Å². The van der Waals surface area contributed by atoms with Crippen LogP contribution in [0.25, 0.3) is 10.8 Å². The van der Waals surface area contributed by atoms with Crippen LogP contribution in [0.2, 0.25) is 0 Å². The molecule has 92 valence electrons. The average molecular weight is 254 g/mol. The molecule has 2 aromatic rings. The Hall–Kier alpha value is -1.40. The topological polar surface area (TPSA) is 68.4 Å². The standard InChI is InChI=1S/C11H14N2O3S/c1-6(2)8(15-3)10-12-11(16-13-10)9-7(14)4-5-17-9/h4-6,8,14H,1-3H3. The third-order valence-corrected chi connectivity index (χ3v) is 3.29. The summed E-state index contributed by atoms with van der Waals surface area (Å²) in [6, 6.07) is 1.60. The fourth-order valence-corrected chi connectivity index (χ4v) is 2.29. The van der Waals surface area contributed by atoms with E-state index in [4.69, 9.17) is 9.26 Å². The van der Waals surface area contributed by atoms with Gasteiger partial charge in [-0.15, -0.1) is 11.3 Å². The Kier molecular flexibility index (Phi) is 3.44. The quantitative estimate of drug-likeness (QED) is 0.908. The van der Waals surface area contributed by atoms with Crippen LogP contribution in [-0.4, -0.2) is 22.4 Å². The maximum Gasteiger partial charge on any atom is 0.271 e. The normalized spacial score (nSPS) is 13.2. The third-order valence-electron chi connectivity index (χ3n) is 2.39. The van der Waals surface area contributed by atoms with Gasteiger partial charge in [0.1, 0.15) is 16.7 Å². The molecule has 0 saturated heterocycles. The zero-order valence-electron chi connectivity index (χ0n) is 9.88. The average Bonchev–Trinajstić information content (AvgIpc) is 2.87. The van der Waals surface area contributed by atoms with E-state index in [-0.39, 0.29) is 17.8 Å². The third kappa shape index (κ3) is 2.32. The molecule has 2 heterocycles. The van der Waals surface area contributed by atoms with Gasteiger partial charge in [0.2, 0.25) is 5.82 Å². The Morgan fingerprint density at radius 3 is 2.76 bits per heavy atom. The number of methoxy groups -OCH3 is 1. The van der Waals surface area contributed by atoms with Gasteiger partial charge in [-0.3, -0.25) is 0 Å². The van der Waals surface area contributed by atoms with Gasteiger partial charge in [-0.1, -0.05) is 19.0 Å². The van der Waals surface area contributed by atoms with E-state index in [2.05, 4.69) is 10.1 Å². The van der Waals surface area contributed by atoms with Gasteiger partial charge in [0, 0.05) is 7.11 Å². The molecule has 0 aliphatic heterocycles. The van der Waals surface area contributed by atoms with Crippen molar-refractivity contribution in [3.8, 4) is 16.5 Å². The summed E-state index contributed by atoms with van der Waals surface area (Å²) >= 11 is 1.36. The molecule has 17 heavy (non-hydrogen) atoms. The molecule has 0 aliphatic rings. The predicted octanol–water partition coefficient (Wildman–Crippen LogP) is 2.85. The van der Waals surface area contributed by atoms with Crippen LogP contribution in [0.1, 0.15) is 25.8 Å². The molecule has 0 radical (unpaired) electrons. The Morgan fingerprint density at radius 2 is 2.24 bits per heavy atom. The molecule has 0 saturated carbocycles. The van der Waals surface area contributed by atoms with Gasteiger partial charge >= 0.3 is 0 Å². The van der Waals surface area contributed by atoms with Crippen molar-refractivity contribution in [3.63, 3.8) is 0 Å². The van der Waals surface area contributed by atoms with Crippen molar-refractivity contribution in [3.05, 3.63) is 17.3 Å². The number of ether oxygens (including phenoxy) is 1. The Balaban J connectivity index is 2.30. The molecule has 0 spiro atoms. The lowest BCUT2D eigenvalue weighted by Gasteiger charge is -2.14.